The minimum Gasteiger partial charge on any atom is -0.492 e. The summed E-state index contributed by atoms with van der Waals surface area (Å²) in [7, 11) is 1.93. The number of hydrogen-bond acceptors (Lipinski definition) is 14. The van der Waals surface area contributed by atoms with E-state index in [-0.39, 0.29) is 18.5 Å². The first kappa shape index (κ1) is 33.1. The van der Waals surface area contributed by atoms with Crippen molar-refractivity contribution in [1.29, 1.82) is 0 Å². The minimum atomic E-state index is -1.78. The average molecular weight is 662 g/mol. The molecular weight excluding hydrogens is 622 g/mol. The molecule has 47 heavy (non-hydrogen) atoms. The van der Waals surface area contributed by atoms with Gasteiger partial charge in [0.25, 0.3) is 0 Å². The summed E-state index contributed by atoms with van der Waals surface area (Å²) in [6.45, 7) is 0.911. The number of carbonyl (C=O) groups excluding carboxylic acids is 1. The quantitative estimate of drug-likeness (QED) is 0.0640. The van der Waals surface area contributed by atoms with E-state index < -0.39 is 61.8 Å². The van der Waals surface area contributed by atoms with Gasteiger partial charge in [-0.3, -0.25) is 9.59 Å². The van der Waals surface area contributed by atoms with Gasteiger partial charge in [-0.05, 0) is 56.6 Å². The number of unbranched alkanes of at least 4 members (excludes halogenated alkanes) is 3. The Kier molecular flexibility index (Phi) is 10.2. The van der Waals surface area contributed by atoms with E-state index in [1.54, 1.807) is 12.1 Å². The maximum atomic E-state index is 11.6. The summed E-state index contributed by atoms with van der Waals surface area (Å²) in [5.74, 6) is 0.331. The van der Waals surface area contributed by atoms with Crippen LogP contribution in [-0.2, 0) is 30.4 Å². The van der Waals surface area contributed by atoms with E-state index in [1.807, 2.05) is 19.2 Å². The number of esters is 1. The van der Waals surface area contributed by atoms with Crippen LogP contribution in [0.5, 0.6) is 28.7 Å². The summed E-state index contributed by atoms with van der Waals surface area (Å²) in [6.07, 6.45) is -4.55. The van der Waals surface area contributed by atoms with Crippen molar-refractivity contribution in [2.45, 2.75) is 81.3 Å². The molecule has 0 bridgehead atoms. The summed E-state index contributed by atoms with van der Waals surface area (Å²) < 4.78 is 34.0. The smallest absolute Gasteiger partial charge is 0.317 e. The molecule has 1 fully saturated rings. The number of rotatable bonds is 14. The van der Waals surface area contributed by atoms with Gasteiger partial charge in [0.05, 0.1) is 12.5 Å². The molecule has 7 unspecified atom stereocenters. The third kappa shape index (κ3) is 7.20. The summed E-state index contributed by atoms with van der Waals surface area (Å²) in [6, 6.07) is 7.24. The van der Waals surface area contributed by atoms with Gasteiger partial charge in [-0.2, -0.15) is 4.89 Å². The molecule has 7 atom stereocenters. The highest BCUT2D eigenvalue weighted by Crippen LogP contribution is 2.55. The molecular formula is C32H39NO14. The first-order chi connectivity index (χ1) is 22.7. The highest BCUT2D eigenvalue weighted by atomic mass is 17.2. The molecule has 5 N–H and O–H groups in total. The van der Waals surface area contributed by atoms with E-state index in [0.717, 1.165) is 48.9 Å². The zero-order valence-electron chi connectivity index (χ0n) is 25.8. The predicted molar refractivity (Wildman–Crippen MR) is 158 cm³/mol. The van der Waals surface area contributed by atoms with E-state index >= 15 is 0 Å². The van der Waals surface area contributed by atoms with Crippen LogP contribution in [0.15, 0.2) is 24.3 Å². The van der Waals surface area contributed by atoms with Crippen LogP contribution < -0.4 is 29.2 Å². The molecule has 0 saturated carbocycles. The van der Waals surface area contributed by atoms with Crippen LogP contribution >= 0.6 is 0 Å². The largest absolute Gasteiger partial charge is 0.492 e. The number of ether oxygens (including phenoxy) is 6. The van der Waals surface area contributed by atoms with Crippen molar-refractivity contribution in [3.05, 3.63) is 41.0 Å². The van der Waals surface area contributed by atoms with Crippen LogP contribution in [0.2, 0.25) is 0 Å². The second-order valence-corrected chi connectivity index (χ2v) is 11.9. The Morgan fingerprint density at radius 1 is 0.936 bits per heavy atom. The summed E-state index contributed by atoms with van der Waals surface area (Å²) in [4.78, 5) is 33.4. The number of aliphatic carboxylic acids is 1. The number of carboxylic acids is 1. The number of benzene rings is 2. The number of carboxylic acid groups (broad SMARTS) is 1. The topological polar surface area (TPSA) is 201 Å². The molecule has 256 valence electrons. The van der Waals surface area contributed by atoms with Gasteiger partial charge in [0.1, 0.15) is 48.9 Å². The van der Waals surface area contributed by atoms with Crippen molar-refractivity contribution in [3.63, 3.8) is 0 Å². The van der Waals surface area contributed by atoms with Gasteiger partial charge in [-0.1, -0.05) is 12.8 Å². The lowest BCUT2D eigenvalue weighted by atomic mass is 9.87. The van der Waals surface area contributed by atoms with Crippen LogP contribution in [0.1, 0.15) is 60.8 Å². The Bertz CT molecular complexity index is 1450. The van der Waals surface area contributed by atoms with Gasteiger partial charge in [-0.25, -0.2) is 0 Å². The lowest BCUT2D eigenvalue weighted by Crippen LogP contribution is -2.59. The number of aryl methyl sites for hydroxylation is 1. The third-order valence-corrected chi connectivity index (χ3v) is 8.65. The van der Waals surface area contributed by atoms with Crippen LogP contribution in [0.4, 0.5) is 0 Å². The zero-order valence-corrected chi connectivity index (χ0v) is 25.8. The molecule has 4 heterocycles. The van der Waals surface area contributed by atoms with Crippen molar-refractivity contribution in [2.24, 2.45) is 0 Å². The van der Waals surface area contributed by atoms with E-state index in [2.05, 4.69) is 5.32 Å². The van der Waals surface area contributed by atoms with Gasteiger partial charge in [0, 0.05) is 17.2 Å². The monoisotopic (exact) mass is 661 g/mol. The second kappa shape index (κ2) is 14.5. The molecule has 0 radical (unpaired) electrons. The Hall–Kier alpha value is -3.86. The van der Waals surface area contributed by atoms with Crippen molar-refractivity contribution in [2.75, 3.05) is 33.6 Å². The lowest BCUT2D eigenvalue weighted by molar-refractivity contribution is -0.365. The fourth-order valence-corrected chi connectivity index (χ4v) is 6.24. The van der Waals surface area contributed by atoms with E-state index in [4.69, 9.17) is 43.3 Å². The van der Waals surface area contributed by atoms with Gasteiger partial charge in [-0.15, -0.1) is 0 Å². The number of fused-ring (bicyclic) bond motifs is 6. The Labute approximate surface area is 270 Å². The predicted octanol–water partition coefficient (Wildman–Crippen LogP) is 1.48. The third-order valence-electron chi connectivity index (χ3n) is 8.65. The first-order valence-electron chi connectivity index (χ1n) is 15.7. The maximum absolute atomic E-state index is 11.6. The second-order valence-electron chi connectivity index (χ2n) is 11.9. The number of aliphatic hydroxyl groups is 3. The Morgan fingerprint density at radius 3 is 2.51 bits per heavy atom. The number of nitrogens with one attached hydrogen (secondary N) is 1. The molecule has 15 heteroatoms. The molecule has 0 amide bonds. The molecule has 2 aromatic rings. The van der Waals surface area contributed by atoms with E-state index in [1.165, 1.54) is 0 Å². The van der Waals surface area contributed by atoms with Crippen molar-refractivity contribution in [3.8, 4) is 28.7 Å². The summed E-state index contributed by atoms with van der Waals surface area (Å²) in [5.41, 5.74) is 2.57. The minimum absolute atomic E-state index is 0.121. The Morgan fingerprint density at radius 2 is 1.72 bits per heavy atom. The number of hydrogen-bond donors (Lipinski definition) is 5. The molecule has 0 aromatic heterocycles. The lowest BCUT2D eigenvalue weighted by Gasteiger charge is -2.39. The van der Waals surface area contributed by atoms with Gasteiger partial charge in [0.15, 0.2) is 29.6 Å². The van der Waals surface area contributed by atoms with Crippen molar-refractivity contribution >= 4 is 11.9 Å². The molecule has 2 aromatic carbocycles. The van der Waals surface area contributed by atoms with Crippen LogP contribution in [-0.4, -0.2) is 96.7 Å². The van der Waals surface area contributed by atoms with Crippen LogP contribution in [0, 0.1) is 0 Å². The van der Waals surface area contributed by atoms with Crippen molar-refractivity contribution in [1.82, 2.24) is 5.32 Å². The van der Waals surface area contributed by atoms with Gasteiger partial charge < -0.3 is 59.1 Å². The summed E-state index contributed by atoms with van der Waals surface area (Å²) in [5, 5.41) is 43.7. The number of aliphatic hydroxyl groups excluding tert-OH is 3. The maximum Gasteiger partial charge on any atom is 0.317 e. The SMILES string of the molecule is CNCCCCCCc1cc(OOC2C(O)OC(COC(=O)CC(=O)O)C(O)C2O)cc2c1OCC1c3cc4c(cc3OC21)OCO4. The fourth-order valence-electron chi connectivity index (χ4n) is 6.24. The molecule has 4 aliphatic rings. The molecule has 0 spiro atoms. The molecule has 4 aliphatic heterocycles. The van der Waals surface area contributed by atoms with E-state index in [9.17, 15) is 24.9 Å². The molecule has 0 aliphatic carbocycles. The Balaban J connectivity index is 1.17. The zero-order chi connectivity index (χ0) is 33.1. The standard InChI is InChI=1S/C32H39NO14/c1-33-7-5-3-2-4-6-16-8-17(46-47-31-28(38)27(37)24(45-32(31)39)14-40-26(36)12-25(34)35)9-19-29(16)41-13-20-18-10-22-23(43-15-42-22)11-21(18)44-30(19)20/h8-11,20,24,27-28,30-33,37-39H,2-7,12-15H2,1H3,(H,34,35). The first-order valence-corrected chi connectivity index (χ1v) is 15.7. The van der Waals surface area contributed by atoms with Crippen molar-refractivity contribution < 1.29 is 68.2 Å². The van der Waals surface area contributed by atoms with Crippen LogP contribution in [0.25, 0.3) is 0 Å². The highest BCUT2D eigenvalue weighted by Gasteiger charge is 2.47. The van der Waals surface area contributed by atoms with Gasteiger partial charge >= 0.3 is 11.9 Å². The average Bonchev–Trinajstić information content (AvgIpc) is 3.66. The summed E-state index contributed by atoms with van der Waals surface area (Å²) >= 11 is 0. The fraction of sp³-hybridized carbons (Fsp3) is 0.562. The van der Waals surface area contributed by atoms with Gasteiger partial charge in [0.2, 0.25) is 6.79 Å². The number of carbonyl (C=O) groups is 2. The highest BCUT2D eigenvalue weighted by molar-refractivity contribution is 5.90. The van der Waals surface area contributed by atoms with E-state index in [0.29, 0.717) is 36.0 Å². The normalized spacial score (nSPS) is 26.8. The van der Waals surface area contributed by atoms with Crippen LogP contribution in [0.3, 0.4) is 0 Å². The molecule has 1 saturated heterocycles. The molecule has 15 nitrogen and oxygen atoms in total. The molecule has 6 rings (SSSR count).